The second-order valence-electron chi connectivity index (χ2n) is 6.49. The minimum atomic E-state index is -0.223. The fourth-order valence-corrected chi connectivity index (χ4v) is 3.09. The molecule has 22 heavy (non-hydrogen) atoms. The number of likely N-dealkylation sites (tertiary alicyclic amines) is 1. The molecule has 1 aliphatic heterocycles. The van der Waals surface area contributed by atoms with Crippen molar-refractivity contribution < 1.29 is 9.59 Å². The smallest absolute Gasteiger partial charge is 0.225 e. The van der Waals surface area contributed by atoms with Gasteiger partial charge in [0.2, 0.25) is 11.8 Å². The summed E-state index contributed by atoms with van der Waals surface area (Å²) in [7, 11) is 0. The summed E-state index contributed by atoms with van der Waals surface area (Å²) in [5, 5.41) is 3.01. The van der Waals surface area contributed by atoms with Gasteiger partial charge in [-0.3, -0.25) is 9.59 Å². The summed E-state index contributed by atoms with van der Waals surface area (Å²) in [4.78, 5) is 26.3. The van der Waals surface area contributed by atoms with Crippen LogP contribution in [-0.2, 0) is 9.59 Å². The van der Waals surface area contributed by atoms with E-state index in [1.54, 1.807) is 0 Å². The first kappa shape index (κ1) is 21.2. The highest BCUT2D eigenvalue weighted by Gasteiger charge is 2.37. The van der Waals surface area contributed by atoms with E-state index in [2.05, 4.69) is 33.0 Å². The molecule has 0 saturated carbocycles. The van der Waals surface area contributed by atoms with Gasteiger partial charge in [0.1, 0.15) is 0 Å². The Kier molecular flexibility index (Phi) is 9.69. The zero-order valence-corrected chi connectivity index (χ0v) is 15.1. The predicted molar refractivity (Wildman–Crippen MR) is 91.9 cm³/mol. The van der Waals surface area contributed by atoms with E-state index in [0.717, 1.165) is 19.3 Å². The Morgan fingerprint density at radius 2 is 1.95 bits per heavy atom. The van der Waals surface area contributed by atoms with Crippen LogP contribution in [0.3, 0.4) is 0 Å². The van der Waals surface area contributed by atoms with E-state index in [-0.39, 0.29) is 42.2 Å². The van der Waals surface area contributed by atoms with Crippen LogP contribution >= 0.6 is 12.4 Å². The summed E-state index contributed by atoms with van der Waals surface area (Å²) >= 11 is 0. The van der Waals surface area contributed by atoms with Crippen molar-refractivity contribution in [2.45, 2.75) is 65.5 Å². The van der Waals surface area contributed by atoms with E-state index < -0.39 is 0 Å². The Balaban J connectivity index is 0.00000441. The Bertz CT molecular complexity index is 359. The van der Waals surface area contributed by atoms with Crippen LogP contribution in [0.15, 0.2) is 0 Å². The average Bonchev–Trinajstić information content (AvgIpc) is 2.81. The van der Waals surface area contributed by atoms with Crippen LogP contribution in [-0.4, -0.2) is 41.9 Å². The van der Waals surface area contributed by atoms with Crippen molar-refractivity contribution in [2.24, 2.45) is 17.6 Å². The number of nitrogens with zero attached hydrogens (tertiary/aromatic N) is 1. The molecule has 0 aromatic carbocycles. The largest absolute Gasteiger partial charge is 0.352 e. The Morgan fingerprint density at radius 1 is 1.36 bits per heavy atom. The van der Waals surface area contributed by atoms with Gasteiger partial charge in [-0.05, 0) is 25.2 Å². The minimum Gasteiger partial charge on any atom is -0.352 e. The maximum absolute atomic E-state index is 12.3. The fourth-order valence-electron chi connectivity index (χ4n) is 3.09. The van der Waals surface area contributed by atoms with E-state index in [9.17, 15) is 9.59 Å². The Morgan fingerprint density at radius 3 is 2.41 bits per heavy atom. The van der Waals surface area contributed by atoms with Crippen LogP contribution in [0, 0.1) is 11.8 Å². The first-order chi connectivity index (χ1) is 9.92. The van der Waals surface area contributed by atoms with Gasteiger partial charge in [0.15, 0.2) is 0 Å². The molecule has 1 fully saturated rings. The standard InChI is InChI=1S/C16H31N3O2.ClH/c1-5-14(6-2)19-10-12(8-15(19)20)16(21)18-13(9-17)7-11(3)4;/h11-14H,5-10,17H2,1-4H3,(H,18,21);1H. The van der Waals surface area contributed by atoms with Crippen molar-refractivity contribution in [1.82, 2.24) is 10.2 Å². The molecule has 130 valence electrons. The van der Waals surface area contributed by atoms with Gasteiger partial charge < -0.3 is 16.0 Å². The quantitative estimate of drug-likeness (QED) is 0.712. The molecular weight excluding hydrogens is 302 g/mol. The van der Waals surface area contributed by atoms with Gasteiger partial charge >= 0.3 is 0 Å². The lowest BCUT2D eigenvalue weighted by Crippen LogP contribution is -2.44. The van der Waals surface area contributed by atoms with Crippen molar-refractivity contribution >= 4 is 24.2 Å². The Labute approximate surface area is 140 Å². The SMILES string of the molecule is CCC(CC)N1CC(C(=O)NC(CN)CC(C)C)CC1=O.Cl. The number of rotatable bonds is 8. The van der Waals surface area contributed by atoms with Crippen LogP contribution in [0.2, 0.25) is 0 Å². The molecule has 1 aliphatic rings. The van der Waals surface area contributed by atoms with Crippen LogP contribution in [0.1, 0.15) is 53.4 Å². The van der Waals surface area contributed by atoms with Crippen molar-refractivity contribution in [3.63, 3.8) is 0 Å². The molecule has 1 rings (SSSR count). The average molecular weight is 334 g/mol. The van der Waals surface area contributed by atoms with E-state index in [0.29, 0.717) is 25.4 Å². The van der Waals surface area contributed by atoms with Crippen LogP contribution < -0.4 is 11.1 Å². The molecule has 5 nitrogen and oxygen atoms in total. The van der Waals surface area contributed by atoms with E-state index in [4.69, 9.17) is 5.73 Å². The minimum absolute atomic E-state index is 0. The summed E-state index contributed by atoms with van der Waals surface area (Å²) in [6.45, 7) is 9.40. The highest BCUT2D eigenvalue weighted by molar-refractivity contribution is 5.89. The number of nitrogens with two attached hydrogens (primary N) is 1. The number of carbonyl (C=O) groups excluding carboxylic acids is 2. The molecule has 1 heterocycles. The summed E-state index contributed by atoms with van der Waals surface area (Å²) in [6, 6.07) is 0.270. The maximum atomic E-state index is 12.3. The van der Waals surface area contributed by atoms with Gasteiger partial charge in [-0.2, -0.15) is 0 Å². The van der Waals surface area contributed by atoms with E-state index >= 15 is 0 Å². The lowest BCUT2D eigenvalue weighted by atomic mass is 10.0. The van der Waals surface area contributed by atoms with Crippen molar-refractivity contribution in [3.05, 3.63) is 0 Å². The highest BCUT2D eigenvalue weighted by Crippen LogP contribution is 2.23. The third-order valence-corrected chi connectivity index (χ3v) is 4.30. The highest BCUT2D eigenvalue weighted by atomic mass is 35.5. The fraction of sp³-hybridized carbons (Fsp3) is 0.875. The van der Waals surface area contributed by atoms with E-state index in [1.165, 1.54) is 0 Å². The van der Waals surface area contributed by atoms with Gasteiger partial charge in [0.05, 0.1) is 5.92 Å². The lowest BCUT2D eigenvalue weighted by molar-refractivity contribution is -0.130. The normalized spacial score (nSPS) is 19.5. The van der Waals surface area contributed by atoms with Crippen LogP contribution in [0.4, 0.5) is 0 Å². The van der Waals surface area contributed by atoms with Crippen molar-refractivity contribution in [1.29, 1.82) is 0 Å². The van der Waals surface area contributed by atoms with E-state index in [1.807, 2.05) is 4.90 Å². The molecule has 1 saturated heterocycles. The number of amides is 2. The summed E-state index contributed by atoms with van der Waals surface area (Å²) < 4.78 is 0. The zero-order chi connectivity index (χ0) is 16.0. The van der Waals surface area contributed by atoms with Crippen LogP contribution in [0.5, 0.6) is 0 Å². The van der Waals surface area contributed by atoms with Gasteiger partial charge in [0.25, 0.3) is 0 Å². The summed E-state index contributed by atoms with van der Waals surface area (Å²) in [5.41, 5.74) is 5.72. The third-order valence-electron chi connectivity index (χ3n) is 4.30. The number of halogens is 1. The van der Waals surface area contributed by atoms with Crippen molar-refractivity contribution in [2.75, 3.05) is 13.1 Å². The topological polar surface area (TPSA) is 75.4 Å². The molecule has 6 heteroatoms. The predicted octanol–water partition coefficient (Wildman–Crippen LogP) is 1.93. The molecule has 0 aromatic heterocycles. The molecular formula is C16H32ClN3O2. The molecule has 0 aromatic rings. The number of hydrogen-bond donors (Lipinski definition) is 2. The van der Waals surface area contributed by atoms with Crippen molar-refractivity contribution in [3.8, 4) is 0 Å². The maximum Gasteiger partial charge on any atom is 0.225 e. The molecule has 0 bridgehead atoms. The number of carbonyl (C=O) groups is 2. The second-order valence-corrected chi connectivity index (χ2v) is 6.49. The van der Waals surface area contributed by atoms with Gasteiger partial charge in [0, 0.05) is 31.6 Å². The number of nitrogens with one attached hydrogen (secondary N) is 1. The zero-order valence-electron chi connectivity index (χ0n) is 14.3. The monoisotopic (exact) mass is 333 g/mol. The lowest BCUT2D eigenvalue weighted by Gasteiger charge is -2.26. The molecule has 2 unspecified atom stereocenters. The molecule has 3 N–H and O–H groups in total. The van der Waals surface area contributed by atoms with Crippen LogP contribution in [0.25, 0.3) is 0 Å². The Hall–Kier alpha value is -0.810. The third kappa shape index (κ3) is 5.76. The summed E-state index contributed by atoms with van der Waals surface area (Å²) in [5.74, 6) is 0.356. The van der Waals surface area contributed by atoms with Gasteiger partial charge in [-0.25, -0.2) is 0 Å². The summed E-state index contributed by atoms with van der Waals surface area (Å²) in [6.07, 6.45) is 3.09. The second kappa shape index (κ2) is 10.1. The first-order valence-corrected chi connectivity index (χ1v) is 8.22. The number of hydrogen-bond acceptors (Lipinski definition) is 3. The molecule has 2 atom stereocenters. The molecule has 0 aliphatic carbocycles. The molecule has 0 spiro atoms. The van der Waals surface area contributed by atoms with Gasteiger partial charge in [-0.15, -0.1) is 12.4 Å². The molecule has 2 amide bonds. The van der Waals surface area contributed by atoms with Gasteiger partial charge in [-0.1, -0.05) is 27.7 Å². The first-order valence-electron chi connectivity index (χ1n) is 8.22. The molecule has 0 radical (unpaired) electrons.